The minimum Gasteiger partial charge on any atom is -0.387 e. The van der Waals surface area contributed by atoms with Crippen molar-refractivity contribution in [3.8, 4) is 6.07 Å². The highest BCUT2D eigenvalue weighted by atomic mass is 16.3. The molecular formula is C14H24N2O. The molecule has 1 heterocycles. The van der Waals surface area contributed by atoms with Gasteiger partial charge in [0.2, 0.25) is 0 Å². The third-order valence-electron chi connectivity index (χ3n) is 4.76. The topological polar surface area (TPSA) is 47.3 Å². The molecule has 2 fully saturated rings. The Hall–Kier alpha value is -0.590. The van der Waals surface area contributed by atoms with Gasteiger partial charge in [0.15, 0.2) is 0 Å². The van der Waals surface area contributed by atoms with Crippen molar-refractivity contribution in [2.45, 2.75) is 51.0 Å². The molecule has 1 saturated heterocycles. The second-order valence-electron chi connectivity index (χ2n) is 6.27. The van der Waals surface area contributed by atoms with Gasteiger partial charge in [0, 0.05) is 6.54 Å². The molecule has 2 rings (SSSR count). The second-order valence-corrected chi connectivity index (χ2v) is 6.27. The molecule has 0 spiro atoms. The number of β-amino-alcohol motifs (C(OH)–C–C–N with tert-alkyl or cyclic N) is 1. The van der Waals surface area contributed by atoms with Crippen molar-refractivity contribution < 1.29 is 5.11 Å². The van der Waals surface area contributed by atoms with Crippen LogP contribution in [0.3, 0.4) is 0 Å². The summed E-state index contributed by atoms with van der Waals surface area (Å²) in [5, 5.41) is 20.6. The van der Waals surface area contributed by atoms with E-state index in [0.717, 1.165) is 38.6 Å². The molecule has 96 valence electrons. The first kappa shape index (κ1) is 12.9. The largest absolute Gasteiger partial charge is 0.387 e. The Kier molecular flexibility index (Phi) is 3.47. The van der Waals surface area contributed by atoms with E-state index < -0.39 is 11.0 Å². The van der Waals surface area contributed by atoms with Crippen LogP contribution in [0, 0.1) is 22.7 Å². The van der Waals surface area contributed by atoms with Crippen molar-refractivity contribution >= 4 is 0 Å². The van der Waals surface area contributed by atoms with Crippen LogP contribution >= 0.6 is 0 Å². The van der Waals surface area contributed by atoms with Crippen molar-refractivity contribution in [2.75, 3.05) is 20.1 Å². The van der Waals surface area contributed by atoms with Crippen molar-refractivity contribution in [1.82, 2.24) is 4.90 Å². The Labute approximate surface area is 104 Å². The van der Waals surface area contributed by atoms with E-state index in [2.05, 4.69) is 17.9 Å². The van der Waals surface area contributed by atoms with Gasteiger partial charge in [-0.1, -0.05) is 19.8 Å². The Morgan fingerprint density at radius 2 is 2.12 bits per heavy atom. The fraction of sp³-hybridized carbons (Fsp3) is 0.929. The lowest BCUT2D eigenvalue weighted by Gasteiger charge is -2.50. The number of likely N-dealkylation sites (tertiary alicyclic amines) is 1. The zero-order chi connectivity index (χ0) is 12.5. The molecule has 1 aliphatic heterocycles. The highest BCUT2D eigenvalue weighted by Gasteiger charge is 2.53. The van der Waals surface area contributed by atoms with E-state index in [1.54, 1.807) is 0 Å². The third-order valence-corrected chi connectivity index (χ3v) is 4.76. The van der Waals surface area contributed by atoms with Crippen molar-refractivity contribution in [1.29, 1.82) is 5.26 Å². The summed E-state index contributed by atoms with van der Waals surface area (Å²) in [4.78, 5) is 2.17. The van der Waals surface area contributed by atoms with E-state index in [9.17, 15) is 10.4 Å². The van der Waals surface area contributed by atoms with Crippen molar-refractivity contribution in [2.24, 2.45) is 11.3 Å². The summed E-state index contributed by atoms with van der Waals surface area (Å²) in [5.74, 6) is 0.569. The summed E-state index contributed by atoms with van der Waals surface area (Å²) in [6.45, 7) is 3.91. The SMILES string of the molecule is CC1CCCC(C#N)(C2(O)CCCN(C)C2)C1. The number of nitriles is 1. The lowest BCUT2D eigenvalue weighted by Crippen LogP contribution is -2.58. The predicted molar refractivity (Wildman–Crippen MR) is 67.4 cm³/mol. The van der Waals surface area contributed by atoms with E-state index in [1.807, 2.05) is 7.05 Å². The van der Waals surface area contributed by atoms with Crippen LogP contribution < -0.4 is 0 Å². The second kappa shape index (κ2) is 4.59. The zero-order valence-electron chi connectivity index (χ0n) is 11.1. The Morgan fingerprint density at radius 3 is 2.71 bits per heavy atom. The highest BCUT2D eigenvalue weighted by Crippen LogP contribution is 2.49. The summed E-state index contributed by atoms with van der Waals surface area (Å²) < 4.78 is 0. The summed E-state index contributed by atoms with van der Waals surface area (Å²) in [5.41, 5.74) is -1.29. The number of hydrogen-bond donors (Lipinski definition) is 1. The maximum Gasteiger partial charge on any atom is 0.0959 e. The summed E-state index contributed by atoms with van der Waals surface area (Å²) in [6, 6.07) is 2.50. The summed E-state index contributed by atoms with van der Waals surface area (Å²) in [7, 11) is 2.04. The van der Waals surface area contributed by atoms with Gasteiger partial charge in [-0.2, -0.15) is 5.26 Å². The smallest absolute Gasteiger partial charge is 0.0959 e. The van der Waals surface area contributed by atoms with E-state index in [0.29, 0.717) is 12.5 Å². The fourth-order valence-corrected chi connectivity index (χ4v) is 3.82. The first-order chi connectivity index (χ1) is 8.01. The molecule has 0 aromatic rings. The molecule has 1 saturated carbocycles. The molecule has 0 amide bonds. The van der Waals surface area contributed by atoms with Crippen molar-refractivity contribution in [3.05, 3.63) is 0 Å². The highest BCUT2D eigenvalue weighted by molar-refractivity contribution is 5.14. The van der Waals surface area contributed by atoms with Crippen LogP contribution in [-0.4, -0.2) is 35.7 Å². The molecule has 1 N–H and O–H groups in total. The van der Waals surface area contributed by atoms with Gasteiger partial charge in [-0.15, -0.1) is 0 Å². The predicted octanol–water partition coefficient (Wildman–Crippen LogP) is 2.16. The molecule has 1 aliphatic carbocycles. The minimum absolute atomic E-state index is 0.501. The molecule has 3 unspecified atom stereocenters. The first-order valence-electron chi connectivity index (χ1n) is 6.83. The number of nitrogens with zero attached hydrogens (tertiary/aromatic N) is 2. The van der Waals surface area contributed by atoms with E-state index in [-0.39, 0.29) is 0 Å². The lowest BCUT2D eigenvalue weighted by atomic mass is 9.59. The van der Waals surface area contributed by atoms with Gasteiger partial charge in [0.05, 0.1) is 17.1 Å². The zero-order valence-corrected chi connectivity index (χ0v) is 11.1. The Morgan fingerprint density at radius 1 is 1.35 bits per heavy atom. The summed E-state index contributed by atoms with van der Waals surface area (Å²) >= 11 is 0. The number of likely N-dealkylation sites (N-methyl/N-ethyl adjacent to an activating group) is 1. The van der Waals surface area contributed by atoms with Gasteiger partial charge < -0.3 is 10.0 Å². The van der Waals surface area contributed by atoms with Gasteiger partial charge in [-0.05, 0) is 45.2 Å². The van der Waals surface area contributed by atoms with Crippen LogP contribution in [0.15, 0.2) is 0 Å². The molecule has 0 aromatic carbocycles. The van der Waals surface area contributed by atoms with Crippen LogP contribution in [0.4, 0.5) is 0 Å². The number of piperidine rings is 1. The number of rotatable bonds is 1. The summed E-state index contributed by atoms with van der Waals surface area (Å²) in [6.07, 6.45) is 5.82. The van der Waals surface area contributed by atoms with E-state index >= 15 is 0 Å². The average Bonchev–Trinajstić information content (AvgIpc) is 2.28. The fourth-order valence-electron chi connectivity index (χ4n) is 3.82. The lowest BCUT2D eigenvalue weighted by molar-refractivity contribution is -0.117. The van der Waals surface area contributed by atoms with Crippen LogP contribution in [-0.2, 0) is 0 Å². The quantitative estimate of drug-likeness (QED) is 0.759. The van der Waals surface area contributed by atoms with Gasteiger partial charge in [0.25, 0.3) is 0 Å². The van der Waals surface area contributed by atoms with Gasteiger partial charge in [0.1, 0.15) is 0 Å². The van der Waals surface area contributed by atoms with Crippen LogP contribution in [0.1, 0.15) is 45.4 Å². The van der Waals surface area contributed by atoms with Crippen LogP contribution in [0.2, 0.25) is 0 Å². The van der Waals surface area contributed by atoms with E-state index in [1.165, 1.54) is 6.42 Å². The standard InChI is InChI=1S/C14H24N2O/c1-12-5-3-6-13(9-12,10-15)14(17)7-4-8-16(2)11-14/h12,17H,3-9,11H2,1-2H3. The molecule has 2 aliphatic rings. The normalized spacial score (nSPS) is 44.2. The molecule has 0 bridgehead atoms. The maximum absolute atomic E-state index is 11.0. The Balaban J connectivity index is 2.24. The van der Waals surface area contributed by atoms with Crippen molar-refractivity contribution in [3.63, 3.8) is 0 Å². The monoisotopic (exact) mass is 236 g/mol. The number of aliphatic hydroxyl groups is 1. The van der Waals surface area contributed by atoms with Gasteiger partial charge in [-0.25, -0.2) is 0 Å². The van der Waals surface area contributed by atoms with Gasteiger partial charge in [-0.3, -0.25) is 0 Å². The number of hydrogen-bond acceptors (Lipinski definition) is 3. The first-order valence-corrected chi connectivity index (χ1v) is 6.83. The molecule has 3 nitrogen and oxygen atoms in total. The molecule has 0 aromatic heterocycles. The molecule has 3 atom stereocenters. The van der Waals surface area contributed by atoms with Crippen LogP contribution in [0.25, 0.3) is 0 Å². The molecule has 0 radical (unpaired) electrons. The molecule has 3 heteroatoms. The van der Waals surface area contributed by atoms with E-state index in [4.69, 9.17) is 0 Å². The average molecular weight is 236 g/mol. The molecular weight excluding hydrogens is 212 g/mol. The Bertz CT molecular complexity index is 325. The van der Waals surface area contributed by atoms with Crippen LogP contribution in [0.5, 0.6) is 0 Å². The molecule has 17 heavy (non-hydrogen) atoms. The maximum atomic E-state index is 11.0. The third kappa shape index (κ3) is 2.21. The van der Waals surface area contributed by atoms with Gasteiger partial charge >= 0.3 is 0 Å². The minimum atomic E-state index is -0.788.